The van der Waals surface area contributed by atoms with Gasteiger partial charge in [0.25, 0.3) is 10.0 Å². The quantitative estimate of drug-likeness (QED) is 0.247. The zero-order valence-electron chi connectivity index (χ0n) is 24.6. The summed E-state index contributed by atoms with van der Waals surface area (Å²) in [5.74, 6) is -0.376. The summed E-state index contributed by atoms with van der Waals surface area (Å²) in [6.45, 7) is 3.18. The molecule has 0 aromatic heterocycles. The largest absolute Gasteiger partial charge is 0.497 e. The van der Waals surface area contributed by atoms with Crippen molar-refractivity contribution >= 4 is 50.7 Å². The molecule has 0 saturated heterocycles. The summed E-state index contributed by atoms with van der Waals surface area (Å²) in [4.78, 5) is 29.3. The Balaban J connectivity index is 1.74. The molecule has 1 aliphatic carbocycles. The number of anilines is 1. The molecule has 0 heterocycles. The molecule has 0 aliphatic heterocycles. The molecule has 1 saturated carbocycles. The van der Waals surface area contributed by atoms with Crippen molar-refractivity contribution in [1.29, 1.82) is 0 Å². The average Bonchev–Trinajstić information content (AvgIpc) is 3.50. The van der Waals surface area contributed by atoms with Crippen LogP contribution in [0.5, 0.6) is 5.75 Å². The Bertz CT molecular complexity index is 1540. The zero-order chi connectivity index (χ0) is 31.1. The Kier molecular flexibility index (Phi) is 11.0. The van der Waals surface area contributed by atoms with Crippen LogP contribution in [0.4, 0.5) is 5.69 Å². The van der Waals surface area contributed by atoms with Gasteiger partial charge in [0.15, 0.2) is 0 Å². The number of halogens is 2. The predicted octanol–water partition coefficient (Wildman–Crippen LogP) is 6.37. The van der Waals surface area contributed by atoms with Gasteiger partial charge in [-0.15, -0.1) is 0 Å². The number of nitrogens with zero attached hydrogens (tertiary/aromatic N) is 2. The lowest BCUT2D eigenvalue weighted by Gasteiger charge is -2.34. The topological polar surface area (TPSA) is 96.0 Å². The molecule has 0 spiro atoms. The van der Waals surface area contributed by atoms with Crippen molar-refractivity contribution in [2.45, 2.75) is 69.5 Å². The van der Waals surface area contributed by atoms with Crippen LogP contribution in [0.2, 0.25) is 10.0 Å². The van der Waals surface area contributed by atoms with Crippen LogP contribution in [0.15, 0.2) is 71.6 Å². The van der Waals surface area contributed by atoms with Crippen LogP contribution in [0.25, 0.3) is 0 Å². The number of carbonyl (C=O) groups is 2. The predicted molar refractivity (Wildman–Crippen MR) is 170 cm³/mol. The van der Waals surface area contributed by atoms with E-state index in [0.717, 1.165) is 35.6 Å². The van der Waals surface area contributed by atoms with Crippen molar-refractivity contribution < 1.29 is 22.7 Å². The van der Waals surface area contributed by atoms with Crippen molar-refractivity contribution in [3.8, 4) is 5.75 Å². The van der Waals surface area contributed by atoms with E-state index in [9.17, 15) is 18.0 Å². The fourth-order valence-corrected chi connectivity index (χ4v) is 6.98. The Morgan fingerprint density at radius 2 is 1.70 bits per heavy atom. The Hall–Kier alpha value is -3.27. The first-order valence-electron chi connectivity index (χ1n) is 14.3. The molecule has 4 rings (SSSR count). The van der Waals surface area contributed by atoms with Crippen molar-refractivity contribution in [3.63, 3.8) is 0 Å². The SMILES string of the molecule is CC[C@H](C(=O)NC1CCCC1)N(Cc1ccc(Cl)c(Cl)c1)C(=O)CN(c1cccc(OC)c1)S(=O)(=O)c1ccc(C)cc1. The van der Waals surface area contributed by atoms with E-state index in [1.807, 2.05) is 13.8 Å². The van der Waals surface area contributed by atoms with Gasteiger partial charge in [0.2, 0.25) is 11.8 Å². The minimum Gasteiger partial charge on any atom is -0.497 e. The molecule has 3 aromatic rings. The molecule has 1 fully saturated rings. The Labute approximate surface area is 264 Å². The number of amides is 2. The third-order valence-electron chi connectivity index (χ3n) is 7.65. The molecular weight excluding hydrogens is 609 g/mol. The number of rotatable bonds is 12. The Morgan fingerprint density at radius 3 is 2.33 bits per heavy atom. The van der Waals surface area contributed by atoms with E-state index >= 15 is 0 Å². The van der Waals surface area contributed by atoms with Gasteiger partial charge in [-0.3, -0.25) is 13.9 Å². The second kappa shape index (κ2) is 14.5. The summed E-state index contributed by atoms with van der Waals surface area (Å²) < 4.78 is 34.5. The van der Waals surface area contributed by atoms with Gasteiger partial charge in [-0.1, -0.05) is 72.8 Å². The van der Waals surface area contributed by atoms with Gasteiger partial charge in [0.1, 0.15) is 18.3 Å². The first-order valence-corrected chi connectivity index (χ1v) is 16.5. The molecule has 2 amide bonds. The third kappa shape index (κ3) is 8.02. The Morgan fingerprint density at radius 1 is 1.00 bits per heavy atom. The first kappa shape index (κ1) is 32.6. The number of benzene rings is 3. The molecule has 8 nitrogen and oxygen atoms in total. The lowest BCUT2D eigenvalue weighted by atomic mass is 10.1. The number of aryl methyl sites for hydroxylation is 1. The van der Waals surface area contributed by atoms with E-state index in [1.165, 1.54) is 24.1 Å². The molecule has 0 radical (unpaired) electrons. The first-order chi connectivity index (χ1) is 20.5. The molecule has 3 aromatic carbocycles. The summed E-state index contributed by atoms with van der Waals surface area (Å²) in [5, 5.41) is 3.78. The van der Waals surface area contributed by atoms with Crippen molar-refractivity contribution in [2.75, 3.05) is 18.0 Å². The van der Waals surface area contributed by atoms with Gasteiger partial charge < -0.3 is 15.0 Å². The van der Waals surface area contributed by atoms with E-state index in [-0.39, 0.29) is 29.1 Å². The number of ether oxygens (including phenoxy) is 1. The fourth-order valence-electron chi connectivity index (χ4n) is 5.25. The number of sulfonamides is 1. The molecule has 0 unspecified atom stereocenters. The maximum atomic E-state index is 14.3. The molecular formula is C32H37Cl2N3O5S. The van der Waals surface area contributed by atoms with Crippen LogP contribution in [-0.2, 0) is 26.2 Å². The molecule has 0 bridgehead atoms. The highest BCUT2D eigenvalue weighted by Crippen LogP contribution is 2.29. The summed E-state index contributed by atoms with van der Waals surface area (Å²) in [6.07, 6.45) is 4.19. The summed E-state index contributed by atoms with van der Waals surface area (Å²) in [6, 6.07) is 17.2. The maximum absolute atomic E-state index is 14.3. The van der Waals surface area contributed by atoms with Crippen LogP contribution in [0, 0.1) is 6.92 Å². The minimum atomic E-state index is -4.19. The average molecular weight is 647 g/mol. The van der Waals surface area contributed by atoms with Crippen LogP contribution >= 0.6 is 23.2 Å². The van der Waals surface area contributed by atoms with Crippen molar-refractivity contribution in [1.82, 2.24) is 10.2 Å². The molecule has 1 atom stereocenters. The fraction of sp³-hybridized carbons (Fsp3) is 0.375. The van der Waals surface area contributed by atoms with Gasteiger partial charge in [0.05, 0.1) is 27.7 Å². The van der Waals surface area contributed by atoms with E-state index in [1.54, 1.807) is 54.6 Å². The highest BCUT2D eigenvalue weighted by Gasteiger charge is 2.34. The van der Waals surface area contributed by atoms with Crippen LogP contribution in [0.3, 0.4) is 0 Å². The van der Waals surface area contributed by atoms with Gasteiger partial charge >= 0.3 is 0 Å². The molecule has 11 heteroatoms. The highest BCUT2D eigenvalue weighted by molar-refractivity contribution is 7.92. The van der Waals surface area contributed by atoms with E-state index in [2.05, 4.69) is 5.32 Å². The molecule has 230 valence electrons. The lowest BCUT2D eigenvalue weighted by molar-refractivity contribution is -0.140. The number of hydrogen-bond donors (Lipinski definition) is 1. The number of nitrogens with one attached hydrogen (secondary N) is 1. The minimum absolute atomic E-state index is 0.0306. The highest BCUT2D eigenvalue weighted by atomic mass is 35.5. The summed E-state index contributed by atoms with van der Waals surface area (Å²) in [5.41, 5.74) is 1.81. The number of carbonyl (C=O) groups excluding carboxylic acids is 2. The van der Waals surface area contributed by atoms with Crippen molar-refractivity contribution in [3.05, 3.63) is 87.9 Å². The van der Waals surface area contributed by atoms with Crippen LogP contribution in [0.1, 0.15) is 50.2 Å². The standard InChI is InChI=1S/C32H37Cl2N3O5S/c1-4-30(32(39)35-24-8-5-6-9-24)36(20-23-14-17-28(33)29(34)18-23)31(38)21-37(25-10-7-11-26(19-25)42-3)43(40,41)27-15-12-22(2)13-16-27/h7,10-19,24,30H,4-6,8-9,20-21H2,1-3H3,(H,35,39)/t30-/m1/s1. The second-order valence-corrected chi connectivity index (χ2v) is 13.4. The summed E-state index contributed by atoms with van der Waals surface area (Å²) in [7, 11) is -2.71. The second-order valence-electron chi connectivity index (χ2n) is 10.7. The lowest BCUT2D eigenvalue weighted by Crippen LogP contribution is -2.53. The van der Waals surface area contributed by atoms with Crippen LogP contribution < -0.4 is 14.4 Å². The van der Waals surface area contributed by atoms with Gasteiger partial charge in [-0.2, -0.15) is 0 Å². The van der Waals surface area contributed by atoms with Gasteiger partial charge in [-0.05, 0) is 68.1 Å². The monoisotopic (exact) mass is 645 g/mol. The third-order valence-corrected chi connectivity index (χ3v) is 10.2. The zero-order valence-corrected chi connectivity index (χ0v) is 26.9. The van der Waals surface area contributed by atoms with Crippen molar-refractivity contribution in [2.24, 2.45) is 0 Å². The maximum Gasteiger partial charge on any atom is 0.264 e. The van der Waals surface area contributed by atoms with E-state index in [4.69, 9.17) is 27.9 Å². The van der Waals surface area contributed by atoms with Gasteiger partial charge in [0, 0.05) is 18.7 Å². The van der Waals surface area contributed by atoms with Crippen LogP contribution in [-0.4, -0.2) is 50.9 Å². The van der Waals surface area contributed by atoms with Gasteiger partial charge in [-0.25, -0.2) is 8.42 Å². The molecule has 1 aliphatic rings. The van der Waals surface area contributed by atoms with E-state index in [0.29, 0.717) is 27.8 Å². The molecule has 43 heavy (non-hydrogen) atoms. The molecule has 1 N–H and O–H groups in total. The van der Waals surface area contributed by atoms with E-state index < -0.39 is 28.5 Å². The number of hydrogen-bond acceptors (Lipinski definition) is 5. The normalized spacial score (nSPS) is 14.3. The number of methoxy groups -OCH3 is 1. The summed E-state index contributed by atoms with van der Waals surface area (Å²) >= 11 is 12.4. The smallest absolute Gasteiger partial charge is 0.264 e.